The van der Waals surface area contributed by atoms with Crippen LogP contribution in [0.4, 0.5) is 0 Å². The van der Waals surface area contributed by atoms with Gasteiger partial charge in [0.1, 0.15) is 6.04 Å². The Kier molecular flexibility index (Phi) is 9.06. The molecule has 0 saturated heterocycles. The number of nitriles is 1. The summed E-state index contributed by atoms with van der Waals surface area (Å²) in [6, 6.07) is 8.82. The van der Waals surface area contributed by atoms with Crippen LogP contribution >= 0.6 is 24.2 Å². The lowest BCUT2D eigenvalue weighted by Crippen LogP contribution is -2.32. The van der Waals surface area contributed by atoms with E-state index in [1.54, 1.807) is 11.8 Å². The van der Waals surface area contributed by atoms with Crippen LogP contribution in [0, 0.1) is 11.3 Å². The van der Waals surface area contributed by atoms with Crippen molar-refractivity contribution in [3.8, 4) is 6.07 Å². The van der Waals surface area contributed by atoms with Crippen molar-refractivity contribution in [2.24, 2.45) is 5.73 Å². The fraction of sp³-hybridized carbons (Fsp3) is 0.385. The van der Waals surface area contributed by atoms with Crippen molar-refractivity contribution in [3.05, 3.63) is 35.4 Å². The minimum Gasteiger partial charge on any atom is -0.480 e. The predicted molar refractivity (Wildman–Crippen MR) is 79.7 cm³/mol. The molecular formula is C13H17ClN2O2S. The molecule has 0 amide bonds. The number of nitrogens with two attached hydrogens (primary N) is 1. The van der Waals surface area contributed by atoms with Gasteiger partial charge >= 0.3 is 5.97 Å². The summed E-state index contributed by atoms with van der Waals surface area (Å²) in [6.45, 7) is 0. The number of benzene rings is 1. The summed E-state index contributed by atoms with van der Waals surface area (Å²) in [5.41, 5.74) is 7.25. The van der Waals surface area contributed by atoms with Crippen LogP contribution in [0.1, 0.15) is 17.5 Å². The molecule has 0 spiro atoms. The molecule has 3 N–H and O–H groups in total. The Morgan fingerprint density at radius 1 is 1.42 bits per heavy atom. The monoisotopic (exact) mass is 300 g/mol. The molecular weight excluding hydrogens is 284 g/mol. The Labute approximate surface area is 123 Å². The van der Waals surface area contributed by atoms with E-state index in [9.17, 15) is 4.79 Å². The summed E-state index contributed by atoms with van der Waals surface area (Å²) < 4.78 is 0. The molecule has 19 heavy (non-hydrogen) atoms. The number of halogens is 1. The molecule has 1 aromatic carbocycles. The molecule has 0 aliphatic heterocycles. The first kappa shape index (κ1) is 17.8. The number of carboxylic acids is 1. The van der Waals surface area contributed by atoms with Crippen LogP contribution in [0.3, 0.4) is 0 Å². The molecule has 6 heteroatoms. The highest BCUT2D eigenvalue weighted by Gasteiger charge is 2.10. The van der Waals surface area contributed by atoms with Gasteiger partial charge in [0, 0.05) is 5.75 Å². The Hall–Kier alpha value is -1.22. The van der Waals surface area contributed by atoms with Gasteiger partial charge in [0.15, 0.2) is 0 Å². The Bertz CT molecular complexity index is 431. The molecule has 0 aliphatic rings. The third-order valence-corrected chi connectivity index (χ3v) is 3.62. The number of hydrogen-bond acceptors (Lipinski definition) is 4. The highest BCUT2D eigenvalue weighted by atomic mass is 35.5. The van der Waals surface area contributed by atoms with Gasteiger partial charge in [-0.25, -0.2) is 0 Å². The normalized spacial score (nSPS) is 11.2. The third kappa shape index (κ3) is 7.06. The highest BCUT2D eigenvalue weighted by molar-refractivity contribution is 7.99. The van der Waals surface area contributed by atoms with Crippen molar-refractivity contribution < 1.29 is 9.90 Å². The molecule has 0 radical (unpaired) electrons. The first-order chi connectivity index (χ1) is 8.63. The zero-order chi connectivity index (χ0) is 13.4. The molecule has 0 saturated carbocycles. The van der Waals surface area contributed by atoms with E-state index in [0.717, 1.165) is 18.6 Å². The van der Waals surface area contributed by atoms with Crippen molar-refractivity contribution in [1.29, 1.82) is 5.26 Å². The molecule has 104 valence electrons. The molecule has 0 bridgehead atoms. The van der Waals surface area contributed by atoms with E-state index >= 15 is 0 Å². The number of nitrogens with zero attached hydrogens (tertiary/aromatic N) is 1. The maximum atomic E-state index is 10.5. The molecule has 0 fully saturated rings. The van der Waals surface area contributed by atoms with E-state index in [4.69, 9.17) is 16.1 Å². The Balaban J connectivity index is 0.00000324. The summed E-state index contributed by atoms with van der Waals surface area (Å²) in [5.74, 6) is 0.388. The summed E-state index contributed by atoms with van der Waals surface area (Å²) in [5, 5.41) is 17.3. The molecule has 1 atom stereocenters. The van der Waals surface area contributed by atoms with Crippen molar-refractivity contribution >= 4 is 30.1 Å². The topological polar surface area (TPSA) is 87.1 Å². The summed E-state index contributed by atoms with van der Waals surface area (Å²) >= 11 is 1.56. The van der Waals surface area contributed by atoms with Gasteiger partial charge in [0.05, 0.1) is 11.6 Å². The SMILES string of the molecule is Cl.N#Cc1ccc(CCCSC[C@@H](N)C(=O)O)cc1. The minimum atomic E-state index is -0.949. The van der Waals surface area contributed by atoms with Gasteiger partial charge in [-0.05, 0) is 36.3 Å². The van der Waals surface area contributed by atoms with E-state index in [1.165, 1.54) is 5.56 Å². The van der Waals surface area contributed by atoms with Crippen molar-refractivity contribution in [2.75, 3.05) is 11.5 Å². The molecule has 1 rings (SSSR count). The predicted octanol–water partition coefficient (Wildman–Crippen LogP) is 2.06. The summed E-state index contributed by atoms with van der Waals surface area (Å²) in [7, 11) is 0. The molecule has 1 aromatic rings. The first-order valence-electron chi connectivity index (χ1n) is 5.68. The number of hydrogen-bond donors (Lipinski definition) is 2. The van der Waals surface area contributed by atoms with Crippen LogP contribution in [-0.4, -0.2) is 28.6 Å². The van der Waals surface area contributed by atoms with Crippen LogP contribution in [0.25, 0.3) is 0 Å². The number of carboxylic acid groups (broad SMARTS) is 1. The van der Waals surface area contributed by atoms with E-state index < -0.39 is 12.0 Å². The number of carbonyl (C=O) groups is 1. The van der Waals surface area contributed by atoms with Crippen molar-refractivity contribution in [1.82, 2.24) is 0 Å². The Morgan fingerprint density at radius 2 is 2.05 bits per heavy atom. The number of rotatable bonds is 7. The number of thioether (sulfide) groups is 1. The van der Waals surface area contributed by atoms with Gasteiger partial charge in [-0.2, -0.15) is 17.0 Å². The smallest absolute Gasteiger partial charge is 0.321 e. The average molecular weight is 301 g/mol. The largest absolute Gasteiger partial charge is 0.480 e. The zero-order valence-corrected chi connectivity index (χ0v) is 12.0. The van der Waals surface area contributed by atoms with E-state index in [2.05, 4.69) is 6.07 Å². The van der Waals surface area contributed by atoms with Gasteiger partial charge < -0.3 is 10.8 Å². The van der Waals surface area contributed by atoms with Gasteiger partial charge in [-0.3, -0.25) is 4.79 Å². The molecule has 0 aromatic heterocycles. The van der Waals surface area contributed by atoms with Crippen molar-refractivity contribution in [3.63, 3.8) is 0 Å². The Morgan fingerprint density at radius 3 is 2.58 bits per heavy atom. The fourth-order valence-corrected chi connectivity index (χ4v) is 2.32. The maximum Gasteiger partial charge on any atom is 0.321 e. The van der Waals surface area contributed by atoms with Gasteiger partial charge in [-0.15, -0.1) is 12.4 Å². The molecule has 0 aliphatic carbocycles. The maximum absolute atomic E-state index is 10.5. The number of aliphatic carboxylic acids is 1. The molecule has 0 unspecified atom stereocenters. The summed E-state index contributed by atoms with van der Waals surface area (Å²) in [6.07, 6.45) is 1.91. The van der Waals surface area contributed by atoms with Gasteiger partial charge in [-0.1, -0.05) is 12.1 Å². The van der Waals surface area contributed by atoms with Crippen LogP contribution in [-0.2, 0) is 11.2 Å². The number of aryl methyl sites for hydroxylation is 1. The van der Waals surface area contributed by atoms with Gasteiger partial charge in [0.25, 0.3) is 0 Å². The van der Waals surface area contributed by atoms with Crippen LogP contribution in [0.5, 0.6) is 0 Å². The van der Waals surface area contributed by atoms with Crippen LogP contribution in [0.15, 0.2) is 24.3 Å². The second kappa shape index (κ2) is 9.68. The fourth-order valence-electron chi connectivity index (χ4n) is 1.41. The summed E-state index contributed by atoms with van der Waals surface area (Å²) in [4.78, 5) is 10.5. The van der Waals surface area contributed by atoms with Crippen LogP contribution < -0.4 is 5.73 Å². The zero-order valence-electron chi connectivity index (χ0n) is 10.4. The molecule has 0 heterocycles. The standard InChI is InChI=1S/C13H16N2O2S.ClH/c14-8-11-5-3-10(4-6-11)2-1-7-18-9-12(15)13(16)17;/h3-6,12H,1-2,7,9,15H2,(H,16,17);1H/t12-;/m1./s1. The minimum absolute atomic E-state index is 0. The quantitative estimate of drug-likeness (QED) is 0.753. The lowest BCUT2D eigenvalue weighted by atomic mass is 10.1. The van der Waals surface area contributed by atoms with E-state index in [0.29, 0.717) is 11.3 Å². The van der Waals surface area contributed by atoms with E-state index in [-0.39, 0.29) is 12.4 Å². The third-order valence-electron chi connectivity index (χ3n) is 2.45. The molecule has 4 nitrogen and oxygen atoms in total. The average Bonchev–Trinajstić information content (AvgIpc) is 2.38. The van der Waals surface area contributed by atoms with E-state index in [1.807, 2.05) is 24.3 Å². The second-order valence-corrected chi connectivity index (χ2v) is 5.08. The first-order valence-corrected chi connectivity index (χ1v) is 6.84. The second-order valence-electron chi connectivity index (χ2n) is 3.93. The highest BCUT2D eigenvalue weighted by Crippen LogP contribution is 2.10. The lowest BCUT2D eigenvalue weighted by molar-refractivity contribution is -0.137. The van der Waals surface area contributed by atoms with Gasteiger partial charge in [0.2, 0.25) is 0 Å². The van der Waals surface area contributed by atoms with Crippen LogP contribution in [0.2, 0.25) is 0 Å². The van der Waals surface area contributed by atoms with Crippen molar-refractivity contribution in [2.45, 2.75) is 18.9 Å². The lowest BCUT2D eigenvalue weighted by Gasteiger charge is -2.05.